The van der Waals surface area contributed by atoms with Crippen molar-refractivity contribution in [1.29, 1.82) is 0 Å². The Balaban J connectivity index is 0. The van der Waals surface area contributed by atoms with E-state index in [1.165, 1.54) is 0 Å². The molecule has 24 heavy (non-hydrogen) atoms. The van der Waals surface area contributed by atoms with Gasteiger partial charge in [0.15, 0.2) is 0 Å². The minimum absolute atomic E-state index is 0.716. The molecule has 2 amide bonds. The number of nitrogens with two attached hydrogens (primary N) is 2. The number of carbonyl (C=O) groups excluding carboxylic acids is 2. The molecule has 0 aromatic carbocycles. The maximum Gasteiger partial charge on any atom is 0.207 e. The minimum atomic E-state index is 0.716. The molecule has 0 aliphatic heterocycles. The second kappa shape index (κ2) is 21.8. The zero-order chi connectivity index (χ0) is 18.5. The number of carbonyl (C=O) groups is 2. The van der Waals surface area contributed by atoms with Crippen LogP contribution in [0.1, 0.15) is 25.7 Å². The summed E-state index contributed by atoms with van der Waals surface area (Å²) in [4.78, 5) is 24.3. The molecule has 0 heterocycles. The van der Waals surface area contributed by atoms with Gasteiger partial charge in [0.2, 0.25) is 12.8 Å². The first-order valence-corrected chi connectivity index (χ1v) is 8.73. The Hall–Kier alpha value is -1.22. The Morgan fingerprint density at radius 2 is 1.04 bits per heavy atom. The molecule has 0 aliphatic carbocycles. The Labute approximate surface area is 147 Å². The smallest absolute Gasteiger partial charge is 0.207 e. The first kappa shape index (κ1) is 25.0. The van der Waals surface area contributed by atoms with Crippen LogP contribution in [0.2, 0.25) is 0 Å². The van der Waals surface area contributed by atoms with Crippen molar-refractivity contribution in [3.63, 3.8) is 0 Å². The maximum atomic E-state index is 9.93. The van der Waals surface area contributed by atoms with E-state index in [0.717, 1.165) is 78.0 Å². The summed E-state index contributed by atoms with van der Waals surface area (Å²) in [5.41, 5.74) is 10.7. The molecular formula is C16H38N6O2. The van der Waals surface area contributed by atoms with E-state index in [2.05, 4.69) is 27.5 Å². The highest BCUT2D eigenvalue weighted by Crippen LogP contribution is 1.88. The standard InChI is InChI=1S/C9H19N3O2.C7H19N3/c1-12(6-2-4-10-8-13)7-3-5-11-9-14;1-10(6-2-4-8)7-3-5-9/h8-9H,2-7H2,1H3,(H,10,13)(H,11,14);2-9H2,1H3. The van der Waals surface area contributed by atoms with Gasteiger partial charge >= 0.3 is 0 Å². The second-order valence-corrected chi connectivity index (χ2v) is 5.74. The van der Waals surface area contributed by atoms with E-state index < -0.39 is 0 Å². The number of amides is 2. The predicted octanol–water partition coefficient (Wildman–Crippen LogP) is -1.19. The molecule has 144 valence electrons. The monoisotopic (exact) mass is 346 g/mol. The molecule has 0 aromatic rings. The molecule has 0 bridgehead atoms. The average molecular weight is 347 g/mol. The van der Waals surface area contributed by atoms with Crippen LogP contribution in [0.4, 0.5) is 0 Å². The zero-order valence-corrected chi connectivity index (χ0v) is 15.5. The van der Waals surface area contributed by atoms with Crippen molar-refractivity contribution in [3.8, 4) is 0 Å². The molecule has 6 N–H and O–H groups in total. The highest BCUT2D eigenvalue weighted by molar-refractivity contribution is 5.45. The Kier molecular flexibility index (Phi) is 22.7. The fraction of sp³-hybridized carbons (Fsp3) is 0.875. The normalized spacial score (nSPS) is 10.2. The van der Waals surface area contributed by atoms with Gasteiger partial charge in [-0.15, -0.1) is 0 Å². The third-order valence-electron chi connectivity index (χ3n) is 3.38. The second-order valence-electron chi connectivity index (χ2n) is 5.74. The predicted molar refractivity (Wildman–Crippen MR) is 99.7 cm³/mol. The summed E-state index contributed by atoms with van der Waals surface area (Å²) in [6.45, 7) is 7.12. The molecular weight excluding hydrogens is 308 g/mol. The molecule has 0 atom stereocenters. The highest BCUT2D eigenvalue weighted by atomic mass is 16.1. The highest BCUT2D eigenvalue weighted by Gasteiger charge is 1.97. The molecule has 0 fully saturated rings. The van der Waals surface area contributed by atoms with Crippen LogP contribution in [-0.2, 0) is 9.59 Å². The zero-order valence-electron chi connectivity index (χ0n) is 15.5. The molecule has 0 unspecified atom stereocenters. The molecule has 0 aromatic heterocycles. The lowest BCUT2D eigenvalue weighted by molar-refractivity contribution is -0.110. The summed E-state index contributed by atoms with van der Waals surface area (Å²) in [6.07, 6.45) is 5.51. The summed E-state index contributed by atoms with van der Waals surface area (Å²) in [5.74, 6) is 0. The molecule has 0 saturated heterocycles. The molecule has 8 heteroatoms. The van der Waals surface area contributed by atoms with Gasteiger partial charge in [0.05, 0.1) is 0 Å². The van der Waals surface area contributed by atoms with Gasteiger partial charge in [-0.25, -0.2) is 0 Å². The fourth-order valence-electron chi connectivity index (χ4n) is 1.97. The Morgan fingerprint density at radius 1 is 0.708 bits per heavy atom. The Bertz CT molecular complexity index is 245. The van der Waals surface area contributed by atoms with Crippen molar-refractivity contribution < 1.29 is 9.59 Å². The number of nitrogens with zero attached hydrogens (tertiary/aromatic N) is 2. The fourth-order valence-corrected chi connectivity index (χ4v) is 1.97. The summed E-state index contributed by atoms with van der Waals surface area (Å²) < 4.78 is 0. The first-order valence-electron chi connectivity index (χ1n) is 8.73. The van der Waals surface area contributed by atoms with E-state index in [-0.39, 0.29) is 0 Å². The van der Waals surface area contributed by atoms with Gasteiger partial charge in [-0.05, 0) is 79.0 Å². The van der Waals surface area contributed by atoms with Crippen LogP contribution in [0.15, 0.2) is 0 Å². The van der Waals surface area contributed by atoms with Crippen LogP contribution in [0.5, 0.6) is 0 Å². The summed E-state index contributed by atoms with van der Waals surface area (Å²) >= 11 is 0. The quantitative estimate of drug-likeness (QED) is 0.206. The summed E-state index contributed by atoms with van der Waals surface area (Å²) in [5, 5.41) is 5.23. The van der Waals surface area contributed by atoms with Crippen molar-refractivity contribution in [3.05, 3.63) is 0 Å². The molecule has 0 rings (SSSR count). The molecule has 0 spiro atoms. The van der Waals surface area contributed by atoms with E-state index in [0.29, 0.717) is 12.8 Å². The number of nitrogens with one attached hydrogen (secondary N) is 2. The lowest BCUT2D eigenvalue weighted by atomic mass is 10.3. The lowest BCUT2D eigenvalue weighted by Crippen LogP contribution is -2.26. The largest absolute Gasteiger partial charge is 0.359 e. The molecule has 0 aliphatic rings. The topological polar surface area (TPSA) is 117 Å². The summed E-state index contributed by atoms with van der Waals surface area (Å²) in [7, 11) is 4.13. The van der Waals surface area contributed by atoms with Crippen LogP contribution in [-0.4, -0.2) is 89.1 Å². The van der Waals surface area contributed by atoms with Crippen LogP contribution in [0.3, 0.4) is 0 Å². The first-order chi connectivity index (χ1) is 11.6. The van der Waals surface area contributed by atoms with Crippen molar-refractivity contribution in [1.82, 2.24) is 20.4 Å². The summed E-state index contributed by atoms with van der Waals surface area (Å²) in [6, 6.07) is 0. The van der Waals surface area contributed by atoms with E-state index in [9.17, 15) is 9.59 Å². The van der Waals surface area contributed by atoms with Crippen LogP contribution in [0.25, 0.3) is 0 Å². The van der Waals surface area contributed by atoms with E-state index >= 15 is 0 Å². The SMILES string of the molecule is CN(CCCN)CCCN.CN(CCCNC=O)CCCNC=O. The van der Waals surface area contributed by atoms with E-state index in [1.54, 1.807) is 0 Å². The average Bonchev–Trinajstić information content (AvgIpc) is 2.59. The van der Waals surface area contributed by atoms with Crippen molar-refractivity contribution >= 4 is 12.8 Å². The molecule has 0 saturated carbocycles. The number of rotatable bonds is 16. The van der Waals surface area contributed by atoms with Gasteiger partial charge in [-0.2, -0.15) is 0 Å². The number of hydrogen-bond acceptors (Lipinski definition) is 6. The van der Waals surface area contributed by atoms with E-state index in [1.807, 2.05) is 7.05 Å². The van der Waals surface area contributed by atoms with Crippen molar-refractivity contribution in [2.75, 3.05) is 66.5 Å². The van der Waals surface area contributed by atoms with Crippen molar-refractivity contribution in [2.45, 2.75) is 25.7 Å². The van der Waals surface area contributed by atoms with Crippen molar-refractivity contribution in [2.24, 2.45) is 11.5 Å². The van der Waals surface area contributed by atoms with Crippen LogP contribution in [0, 0.1) is 0 Å². The minimum Gasteiger partial charge on any atom is -0.359 e. The maximum absolute atomic E-state index is 9.93. The third-order valence-corrected chi connectivity index (χ3v) is 3.38. The van der Waals surface area contributed by atoms with Crippen LogP contribution < -0.4 is 22.1 Å². The Morgan fingerprint density at radius 3 is 1.33 bits per heavy atom. The third kappa shape index (κ3) is 23.1. The molecule has 8 nitrogen and oxygen atoms in total. The van der Waals surface area contributed by atoms with Gasteiger partial charge in [-0.1, -0.05) is 0 Å². The van der Waals surface area contributed by atoms with Gasteiger partial charge in [-0.3, -0.25) is 9.59 Å². The lowest BCUT2D eigenvalue weighted by Gasteiger charge is -2.15. The van der Waals surface area contributed by atoms with Crippen LogP contribution >= 0.6 is 0 Å². The number of hydrogen-bond donors (Lipinski definition) is 4. The van der Waals surface area contributed by atoms with Gasteiger partial charge < -0.3 is 31.9 Å². The molecule has 0 radical (unpaired) electrons. The van der Waals surface area contributed by atoms with Gasteiger partial charge in [0.1, 0.15) is 0 Å². The van der Waals surface area contributed by atoms with Gasteiger partial charge in [0, 0.05) is 13.1 Å². The van der Waals surface area contributed by atoms with E-state index in [4.69, 9.17) is 11.5 Å². The van der Waals surface area contributed by atoms with Gasteiger partial charge in [0.25, 0.3) is 0 Å².